The van der Waals surface area contributed by atoms with Crippen LogP contribution >= 0.6 is 0 Å². The molecule has 2 aromatic heterocycles. The van der Waals surface area contributed by atoms with E-state index in [0.29, 0.717) is 44.1 Å². The summed E-state index contributed by atoms with van der Waals surface area (Å²) >= 11 is 0. The third kappa shape index (κ3) is 3.73. The van der Waals surface area contributed by atoms with Crippen LogP contribution in [0.4, 0.5) is 10.8 Å². The molecule has 31 heavy (non-hydrogen) atoms. The van der Waals surface area contributed by atoms with E-state index < -0.39 is 0 Å². The Hall–Kier alpha value is -3.10. The van der Waals surface area contributed by atoms with Crippen LogP contribution in [0.3, 0.4) is 0 Å². The maximum absolute atomic E-state index is 12.9. The van der Waals surface area contributed by atoms with Gasteiger partial charge in [0, 0.05) is 39.3 Å². The van der Waals surface area contributed by atoms with Crippen molar-refractivity contribution >= 4 is 23.1 Å². The Morgan fingerprint density at radius 3 is 2.65 bits per heavy atom. The summed E-state index contributed by atoms with van der Waals surface area (Å²) < 4.78 is 7.59. The molecule has 1 aromatic carbocycles. The number of nitrogens with zero attached hydrogens (tertiary/aromatic N) is 6. The van der Waals surface area contributed by atoms with Gasteiger partial charge in [-0.15, -0.1) is 0 Å². The number of benzene rings is 1. The van der Waals surface area contributed by atoms with Gasteiger partial charge in [0.25, 0.3) is 5.82 Å². The summed E-state index contributed by atoms with van der Waals surface area (Å²) in [7, 11) is 3.94. The maximum Gasteiger partial charge on any atom is 0.329 e. The average Bonchev–Trinajstić information content (AvgIpc) is 3.44. The number of piperazine rings is 1. The van der Waals surface area contributed by atoms with E-state index in [0.717, 1.165) is 29.7 Å². The molecule has 9 heteroatoms. The zero-order valence-electron chi connectivity index (χ0n) is 18.3. The number of carbonyl (C=O) groups is 1. The lowest BCUT2D eigenvalue weighted by Crippen LogP contribution is -2.54. The fourth-order valence-electron chi connectivity index (χ4n) is 4.79. The highest BCUT2D eigenvalue weighted by Gasteiger charge is 2.30. The molecule has 164 valence electrons. The molecule has 1 aliphatic carbocycles. The fraction of sp³-hybridized carbons (Fsp3) is 0.545. The van der Waals surface area contributed by atoms with Crippen molar-refractivity contribution in [2.24, 2.45) is 7.05 Å². The molecule has 0 atom stereocenters. The molecule has 0 bridgehead atoms. The van der Waals surface area contributed by atoms with Crippen molar-refractivity contribution in [1.29, 1.82) is 0 Å². The first-order valence-corrected chi connectivity index (χ1v) is 11.2. The van der Waals surface area contributed by atoms with Gasteiger partial charge in [-0.3, -0.25) is 0 Å². The van der Waals surface area contributed by atoms with Gasteiger partial charge >= 0.3 is 17.9 Å². The second-order valence-electron chi connectivity index (χ2n) is 8.61. The van der Waals surface area contributed by atoms with Crippen LogP contribution in [0.2, 0.25) is 0 Å². The van der Waals surface area contributed by atoms with E-state index in [1.54, 1.807) is 0 Å². The van der Waals surface area contributed by atoms with Gasteiger partial charge in [0.1, 0.15) is 0 Å². The first kappa shape index (κ1) is 19.8. The summed E-state index contributed by atoms with van der Waals surface area (Å²) in [5.41, 5.74) is 2.11. The molecule has 9 nitrogen and oxygen atoms in total. The Bertz CT molecular complexity index is 1060. The van der Waals surface area contributed by atoms with Crippen molar-refractivity contribution in [2.45, 2.75) is 38.1 Å². The zero-order chi connectivity index (χ0) is 21.4. The van der Waals surface area contributed by atoms with Gasteiger partial charge < -0.3 is 19.2 Å². The molecular formula is C22H30N7O2+. The predicted octanol–water partition coefficient (Wildman–Crippen LogP) is 2.55. The monoisotopic (exact) mass is 424 g/mol. The second kappa shape index (κ2) is 8.20. The number of fused-ring (bicyclic) bond motifs is 1. The highest BCUT2D eigenvalue weighted by atomic mass is 16.5. The molecule has 1 saturated carbocycles. The average molecular weight is 425 g/mol. The Kier molecular flexibility index (Phi) is 5.25. The number of aromatic nitrogens is 4. The lowest BCUT2D eigenvalue weighted by Gasteiger charge is -2.39. The summed E-state index contributed by atoms with van der Waals surface area (Å²) in [4.78, 5) is 26.9. The van der Waals surface area contributed by atoms with Gasteiger partial charge in [-0.05, 0) is 30.1 Å². The molecule has 3 heterocycles. The minimum absolute atomic E-state index is 0.142. The molecule has 3 aromatic rings. The molecule has 0 radical (unpaired) electrons. The Morgan fingerprint density at radius 2 is 1.90 bits per heavy atom. The van der Waals surface area contributed by atoms with Crippen molar-refractivity contribution < 1.29 is 13.9 Å². The Balaban J connectivity index is 1.24. The summed E-state index contributed by atoms with van der Waals surface area (Å²) in [6.07, 6.45) is 5.99. The summed E-state index contributed by atoms with van der Waals surface area (Å²) in [6, 6.07) is 9.11. The number of imidazole rings is 1. The van der Waals surface area contributed by atoms with Crippen LogP contribution in [0, 0.1) is 0 Å². The van der Waals surface area contributed by atoms with Gasteiger partial charge in [0.05, 0.1) is 7.05 Å². The van der Waals surface area contributed by atoms with Gasteiger partial charge in [-0.1, -0.05) is 31.4 Å². The van der Waals surface area contributed by atoms with Crippen molar-refractivity contribution in [3.05, 3.63) is 24.3 Å². The second-order valence-corrected chi connectivity index (χ2v) is 8.61. The van der Waals surface area contributed by atoms with E-state index in [4.69, 9.17) is 4.52 Å². The van der Waals surface area contributed by atoms with Crippen LogP contribution < -0.4 is 9.47 Å². The van der Waals surface area contributed by atoms with Crippen molar-refractivity contribution in [2.75, 3.05) is 38.1 Å². The molecule has 2 fully saturated rings. The number of anilines is 1. The topological polar surface area (TPSA) is 85.4 Å². The maximum atomic E-state index is 12.9. The van der Waals surface area contributed by atoms with Crippen LogP contribution in [0.15, 0.2) is 28.8 Å². The van der Waals surface area contributed by atoms with Crippen LogP contribution in [0.1, 0.15) is 32.1 Å². The third-order valence-electron chi connectivity index (χ3n) is 6.73. The van der Waals surface area contributed by atoms with Crippen LogP contribution in [0.5, 0.6) is 0 Å². The molecule has 2 amide bonds. The van der Waals surface area contributed by atoms with Crippen LogP contribution in [-0.2, 0) is 7.05 Å². The first-order chi connectivity index (χ1) is 15.1. The predicted molar refractivity (Wildman–Crippen MR) is 117 cm³/mol. The molecule has 0 spiro atoms. The third-order valence-corrected chi connectivity index (χ3v) is 6.73. The van der Waals surface area contributed by atoms with E-state index >= 15 is 0 Å². The molecule has 1 N–H and O–H groups in total. The minimum Gasteiger partial charge on any atom is -0.325 e. The largest absolute Gasteiger partial charge is 0.329 e. The highest BCUT2D eigenvalue weighted by Crippen LogP contribution is 2.24. The number of hydrogen-bond acceptors (Lipinski definition) is 5. The standard InChI is InChI=1S/C22H29N7O2/c1-26(16-8-4-3-5-9-16)22(30)29-14-12-28(13-15-29)21-24-19(25-31-21)20-23-17-10-6-7-11-18(17)27(20)2/h6-7,10-11,16H,3-5,8-9,12-15H2,1-2H3/p+1. The molecule has 2 aliphatic rings. The van der Waals surface area contributed by atoms with Crippen LogP contribution in [0.25, 0.3) is 22.7 Å². The number of urea groups is 1. The zero-order valence-corrected chi connectivity index (χ0v) is 18.3. The van der Waals surface area contributed by atoms with Gasteiger partial charge in [0.2, 0.25) is 0 Å². The normalized spacial score (nSPS) is 18.0. The fourth-order valence-corrected chi connectivity index (χ4v) is 4.79. The van der Waals surface area contributed by atoms with Gasteiger partial charge in [0.15, 0.2) is 11.0 Å². The summed E-state index contributed by atoms with van der Waals surface area (Å²) in [5, 5.41) is 4.19. The lowest BCUT2D eigenvalue weighted by atomic mass is 9.95. The number of para-hydroxylation sites is 2. The molecule has 5 rings (SSSR count). The summed E-state index contributed by atoms with van der Waals surface area (Å²) in [5.74, 6) is 1.34. The highest BCUT2D eigenvalue weighted by molar-refractivity contribution is 5.75. The van der Waals surface area contributed by atoms with Crippen molar-refractivity contribution in [3.63, 3.8) is 0 Å². The first-order valence-electron chi connectivity index (χ1n) is 11.2. The van der Waals surface area contributed by atoms with Crippen molar-refractivity contribution in [3.8, 4) is 11.6 Å². The van der Waals surface area contributed by atoms with E-state index in [9.17, 15) is 4.79 Å². The molecule has 0 unspecified atom stereocenters. The number of rotatable bonds is 3. The van der Waals surface area contributed by atoms with Crippen molar-refractivity contribution in [1.82, 2.24) is 24.9 Å². The molecule has 1 saturated heterocycles. The van der Waals surface area contributed by atoms with Gasteiger partial charge in [-0.2, -0.15) is 4.98 Å². The quantitative estimate of drug-likeness (QED) is 0.653. The number of nitrogens with one attached hydrogen (secondary N) is 1. The van der Waals surface area contributed by atoms with E-state index in [1.807, 2.05) is 46.7 Å². The number of carbonyl (C=O) groups excluding carboxylic acids is 1. The smallest absolute Gasteiger partial charge is 0.325 e. The number of hydrogen-bond donors (Lipinski definition) is 1. The summed E-state index contributed by atoms with van der Waals surface area (Å²) in [6.45, 7) is 2.69. The van der Waals surface area contributed by atoms with Gasteiger partial charge in [-0.25, -0.2) is 14.3 Å². The van der Waals surface area contributed by atoms with E-state index in [2.05, 4.69) is 26.1 Å². The number of H-pyrrole nitrogens is 1. The van der Waals surface area contributed by atoms with Crippen LogP contribution in [-0.4, -0.2) is 70.2 Å². The molecule has 1 aliphatic heterocycles. The minimum atomic E-state index is 0.142. The SMILES string of the molecule is CN(C(=O)N1CCN(c2nc(-c3[nH]c4ccccc4[n+]3C)no2)CC1)C1CCCCC1. The Labute approximate surface area is 181 Å². The van der Waals surface area contributed by atoms with E-state index in [1.165, 1.54) is 19.3 Å². The number of amides is 2. The number of aromatic amines is 1. The molecular weight excluding hydrogens is 394 g/mol. The number of aryl methyl sites for hydroxylation is 1. The lowest BCUT2D eigenvalue weighted by molar-refractivity contribution is -0.633. The Morgan fingerprint density at radius 1 is 1.16 bits per heavy atom. The van der Waals surface area contributed by atoms with E-state index in [-0.39, 0.29) is 6.03 Å².